The van der Waals surface area contributed by atoms with Gasteiger partial charge in [-0.15, -0.1) is 22.9 Å². The standard InChI is InChI=1S/C13H15ClN2OS/c1-7-5-11(12(17)9(3)14)10(4)16(7)13-15-6-8(2)18-13/h5-6,9H,1-4H3. The molecule has 0 fully saturated rings. The van der Waals surface area contributed by atoms with Crippen LogP contribution in [0.5, 0.6) is 0 Å². The molecule has 0 aromatic carbocycles. The number of aromatic nitrogens is 2. The fraction of sp³-hybridized carbons (Fsp3) is 0.385. The SMILES string of the molecule is Cc1cnc(-n2c(C)cc(C(=O)C(C)Cl)c2C)s1. The first kappa shape index (κ1) is 13.3. The van der Waals surface area contributed by atoms with Crippen molar-refractivity contribution >= 4 is 28.7 Å². The Kier molecular flexibility index (Phi) is 3.59. The zero-order valence-electron chi connectivity index (χ0n) is 10.8. The van der Waals surface area contributed by atoms with Crippen molar-refractivity contribution in [2.75, 3.05) is 0 Å². The van der Waals surface area contributed by atoms with Crippen molar-refractivity contribution < 1.29 is 4.79 Å². The van der Waals surface area contributed by atoms with Crippen LogP contribution >= 0.6 is 22.9 Å². The van der Waals surface area contributed by atoms with Gasteiger partial charge in [-0.2, -0.15) is 0 Å². The van der Waals surface area contributed by atoms with Gasteiger partial charge in [-0.3, -0.25) is 9.36 Å². The second-order valence-electron chi connectivity index (χ2n) is 4.35. The summed E-state index contributed by atoms with van der Waals surface area (Å²) in [4.78, 5) is 17.5. The van der Waals surface area contributed by atoms with Crippen LogP contribution in [-0.4, -0.2) is 20.7 Å². The van der Waals surface area contributed by atoms with Gasteiger partial charge >= 0.3 is 0 Å². The minimum Gasteiger partial charge on any atom is -0.294 e. The van der Waals surface area contributed by atoms with Crippen molar-refractivity contribution in [1.82, 2.24) is 9.55 Å². The molecule has 0 aliphatic rings. The van der Waals surface area contributed by atoms with Crippen molar-refractivity contribution in [1.29, 1.82) is 0 Å². The van der Waals surface area contributed by atoms with Crippen molar-refractivity contribution in [2.24, 2.45) is 0 Å². The topological polar surface area (TPSA) is 34.9 Å². The predicted molar refractivity (Wildman–Crippen MR) is 75.3 cm³/mol. The van der Waals surface area contributed by atoms with Gasteiger partial charge in [0.05, 0.1) is 5.38 Å². The van der Waals surface area contributed by atoms with E-state index < -0.39 is 5.38 Å². The Hall–Kier alpha value is -1.13. The van der Waals surface area contributed by atoms with Crippen LogP contribution < -0.4 is 0 Å². The van der Waals surface area contributed by atoms with Crippen LogP contribution in [0.3, 0.4) is 0 Å². The number of nitrogens with zero attached hydrogens (tertiary/aromatic N) is 2. The van der Waals surface area contributed by atoms with Crippen LogP contribution in [0, 0.1) is 20.8 Å². The number of carbonyl (C=O) groups is 1. The lowest BCUT2D eigenvalue weighted by atomic mass is 10.1. The third-order valence-corrected chi connectivity index (χ3v) is 3.95. The third-order valence-electron chi connectivity index (χ3n) is 2.86. The highest BCUT2D eigenvalue weighted by molar-refractivity contribution is 7.14. The molecular formula is C13H15ClN2OS. The number of hydrogen-bond acceptors (Lipinski definition) is 3. The van der Waals surface area contributed by atoms with E-state index >= 15 is 0 Å². The average molecular weight is 283 g/mol. The van der Waals surface area contributed by atoms with Gasteiger partial charge in [-0.25, -0.2) is 4.98 Å². The van der Waals surface area contributed by atoms with Gasteiger partial charge in [0, 0.05) is 28.0 Å². The minimum atomic E-state index is -0.503. The molecule has 3 nitrogen and oxygen atoms in total. The summed E-state index contributed by atoms with van der Waals surface area (Å²) in [6.07, 6.45) is 1.84. The summed E-state index contributed by atoms with van der Waals surface area (Å²) in [5.41, 5.74) is 2.59. The Balaban J connectivity index is 2.54. The summed E-state index contributed by atoms with van der Waals surface area (Å²) in [5.74, 6) is -0.0377. The van der Waals surface area contributed by atoms with Gasteiger partial charge in [0.1, 0.15) is 0 Å². The number of carbonyl (C=O) groups excluding carboxylic acids is 1. The van der Waals surface area contributed by atoms with E-state index in [1.807, 2.05) is 37.6 Å². The van der Waals surface area contributed by atoms with Gasteiger partial charge in [-0.1, -0.05) is 0 Å². The quantitative estimate of drug-likeness (QED) is 0.636. The Morgan fingerprint density at radius 2 is 2.11 bits per heavy atom. The van der Waals surface area contributed by atoms with Crippen LogP contribution in [0.1, 0.15) is 33.5 Å². The van der Waals surface area contributed by atoms with Crippen molar-refractivity contribution in [3.63, 3.8) is 0 Å². The summed E-state index contributed by atoms with van der Waals surface area (Å²) in [5, 5.41) is 0.390. The number of hydrogen-bond donors (Lipinski definition) is 0. The zero-order chi connectivity index (χ0) is 13.4. The molecule has 1 unspecified atom stereocenters. The van der Waals surface area contributed by atoms with Crippen LogP contribution in [0.2, 0.25) is 0 Å². The van der Waals surface area contributed by atoms with Crippen LogP contribution in [-0.2, 0) is 0 Å². The molecule has 2 aromatic rings. The lowest BCUT2D eigenvalue weighted by molar-refractivity contribution is 0.0991. The second-order valence-corrected chi connectivity index (χ2v) is 6.22. The summed E-state index contributed by atoms with van der Waals surface area (Å²) in [6, 6.07) is 1.88. The minimum absolute atomic E-state index is 0.0377. The number of halogens is 1. The first-order valence-corrected chi connectivity index (χ1v) is 6.97. The van der Waals surface area contributed by atoms with Crippen LogP contribution in [0.25, 0.3) is 5.13 Å². The molecule has 5 heteroatoms. The number of alkyl halides is 1. The fourth-order valence-corrected chi connectivity index (χ4v) is 2.96. The van der Waals surface area contributed by atoms with E-state index in [2.05, 4.69) is 4.98 Å². The monoisotopic (exact) mass is 282 g/mol. The smallest absolute Gasteiger partial charge is 0.194 e. The summed E-state index contributed by atoms with van der Waals surface area (Å²) < 4.78 is 2.00. The Labute approximate surface area is 115 Å². The van der Waals surface area contributed by atoms with E-state index in [9.17, 15) is 4.79 Å². The maximum absolute atomic E-state index is 12.0. The van der Waals surface area contributed by atoms with E-state index in [0.717, 1.165) is 21.4 Å². The molecule has 2 aromatic heterocycles. The number of rotatable bonds is 3. The first-order chi connectivity index (χ1) is 8.41. The molecule has 0 spiro atoms. The molecule has 0 saturated heterocycles. The molecule has 1 atom stereocenters. The Bertz CT molecular complexity index is 598. The van der Waals surface area contributed by atoms with Gasteiger partial charge in [0.2, 0.25) is 0 Å². The van der Waals surface area contributed by atoms with E-state index in [4.69, 9.17) is 11.6 Å². The molecule has 0 N–H and O–H groups in total. The Morgan fingerprint density at radius 3 is 2.61 bits per heavy atom. The van der Waals surface area contributed by atoms with Crippen molar-refractivity contribution in [2.45, 2.75) is 33.1 Å². The van der Waals surface area contributed by atoms with Crippen molar-refractivity contribution in [3.05, 3.63) is 34.1 Å². The molecule has 0 saturated carbocycles. The highest BCUT2D eigenvalue weighted by Crippen LogP contribution is 2.25. The van der Waals surface area contributed by atoms with Crippen LogP contribution in [0.15, 0.2) is 12.3 Å². The molecule has 0 amide bonds. The Morgan fingerprint density at radius 1 is 1.44 bits per heavy atom. The molecule has 0 bridgehead atoms. The largest absolute Gasteiger partial charge is 0.294 e. The van der Waals surface area contributed by atoms with Gasteiger partial charge in [0.25, 0.3) is 0 Å². The number of Topliss-reactive ketones (excluding diaryl/α,β-unsaturated/α-hetero) is 1. The maximum Gasteiger partial charge on any atom is 0.194 e. The molecule has 2 heterocycles. The van der Waals surface area contributed by atoms with Crippen molar-refractivity contribution in [3.8, 4) is 5.13 Å². The molecule has 0 aliphatic carbocycles. The third kappa shape index (κ3) is 2.22. The predicted octanol–water partition coefficient (Wildman–Crippen LogP) is 3.67. The molecule has 0 radical (unpaired) electrons. The highest BCUT2D eigenvalue weighted by Gasteiger charge is 2.20. The zero-order valence-corrected chi connectivity index (χ0v) is 12.4. The average Bonchev–Trinajstić information content (AvgIpc) is 2.82. The highest BCUT2D eigenvalue weighted by atomic mass is 35.5. The van der Waals surface area contributed by atoms with Gasteiger partial charge in [-0.05, 0) is 33.8 Å². The molecule has 18 heavy (non-hydrogen) atoms. The maximum atomic E-state index is 12.0. The number of aryl methyl sites for hydroxylation is 2. The van der Waals surface area contributed by atoms with E-state index in [1.54, 1.807) is 18.3 Å². The van der Waals surface area contributed by atoms with Crippen LogP contribution in [0.4, 0.5) is 0 Å². The number of ketones is 1. The normalized spacial score (nSPS) is 12.7. The summed E-state index contributed by atoms with van der Waals surface area (Å²) in [7, 11) is 0. The van der Waals surface area contributed by atoms with E-state index in [0.29, 0.717) is 5.56 Å². The lowest BCUT2D eigenvalue weighted by Crippen LogP contribution is -2.11. The van der Waals surface area contributed by atoms with Gasteiger partial charge < -0.3 is 0 Å². The lowest BCUT2D eigenvalue weighted by Gasteiger charge is -2.06. The molecule has 0 aliphatic heterocycles. The van der Waals surface area contributed by atoms with E-state index in [-0.39, 0.29) is 5.78 Å². The van der Waals surface area contributed by atoms with E-state index in [1.165, 1.54) is 0 Å². The first-order valence-electron chi connectivity index (χ1n) is 5.72. The fourth-order valence-electron chi connectivity index (χ4n) is 1.97. The molecular weight excluding hydrogens is 268 g/mol. The second kappa shape index (κ2) is 4.86. The molecule has 2 rings (SSSR count). The summed E-state index contributed by atoms with van der Waals surface area (Å²) in [6.45, 7) is 7.61. The van der Waals surface area contributed by atoms with Gasteiger partial charge in [0.15, 0.2) is 10.9 Å². The molecule has 96 valence electrons. The number of thiazole rings is 1. The summed E-state index contributed by atoms with van der Waals surface area (Å²) >= 11 is 7.48.